The third-order valence-corrected chi connectivity index (χ3v) is 3.24. The first kappa shape index (κ1) is 11.1. The van der Waals surface area contributed by atoms with Gasteiger partial charge in [-0.15, -0.1) is 0 Å². The van der Waals surface area contributed by atoms with Crippen LogP contribution >= 0.6 is 22.6 Å². The van der Waals surface area contributed by atoms with Crippen molar-refractivity contribution in [1.82, 2.24) is 0 Å². The zero-order chi connectivity index (χ0) is 11.5. The van der Waals surface area contributed by atoms with Gasteiger partial charge < -0.3 is 5.73 Å². The molecule has 16 heavy (non-hydrogen) atoms. The quantitative estimate of drug-likeness (QED) is 0.848. The minimum Gasteiger partial charge on any atom is -0.366 e. The lowest BCUT2D eigenvalue weighted by Crippen LogP contribution is -2.12. The molecule has 0 heterocycles. The predicted molar refractivity (Wildman–Crippen MR) is 73.1 cm³/mol. The SMILES string of the molecule is NC(=O)c1cccc(I)c1-c1ccccc1. The fourth-order valence-corrected chi connectivity index (χ4v) is 2.44. The number of primary amides is 1. The summed E-state index contributed by atoms with van der Waals surface area (Å²) in [5, 5.41) is 0. The van der Waals surface area contributed by atoms with Crippen molar-refractivity contribution in [3.8, 4) is 11.1 Å². The van der Waals surface area contributed by atoms with Crippen molar-refractivity contribution in [2.45, 2.75) is 0 Å². The number of carbonyl (C=O) groups excluding carboxylic acids is 1. The highest BCUT2D eigenvalue weighted by Gasteiger charge is 2.12. The molecule has 0 bridgehead atoms. The fraction of sp³-hybridized carbons (Fsp3) is 0. The summed E-state index contributed by atoms with van der Waals surface area (Å²) < 4.78 is 1.03. The van der Waals surface area contributed by atoms with Gasteiger partial charge in [0.1, 0.15) is 0 Å². The summed E-state index contributed by atoms with van der Waals surface area (Å²) in [6.45, 7) is 0. The zero-order valence-electron chi connectivity index (χ0n) is 8.48. The van der Waals surface area contributed by atoms with Gasteiger partial charge in [0.15, 0.2) is 0 Å². The van der Waals surface area contributed by atoms with E-state index in [1.165, 1.54) is 0 Å². The zero-order valence-corrected chi connectivity index (χ0v) is 10.6. The molecule has 0 aromatic heterocycles. The summed E-state index contributed by atoms with van der Waals surface area (Å²) in [7, 11) is 0. The third kappa shape index (κ3) is 2.09. The standard InChI is InChI=1S/C13H10INO/c14-11-8-4-7-10(13(15)16)12(11)9-5-2-1-3-6-9/h1-8H,(H2,15,16). The van der Waals surface area contributed by atoms with Gasteiger partial charge in [0.25, 0.3) is 0 Å². The minimum absolute atomic E-state index is 0.391. The molecule has 0 aliphatic rings. The number of carbonyl (C=O) groups is 1. The van der Waals surface area contributed by atoms with Crippen LogP contribution in [0.2, 0.25) is 0 Å². The molecule has 0 saturated heterocycles. The third-order valence-electron chi connectivity index (χ3n) is 2.34. The van der Waals surface area contributed by atoms with Gasteiger partial charge in [-0.3, -0.25) is 4.79 Å². The largest absolute Gasteiger partial charge is 0.366 e. The Morgan fingerprint density at radius 1 is 1.00 bits per heavy atom. The first-order valence-corrected chi connectivity index (χ1v) is 5.92. The monoisotopic (exact) mass is 323 g/mol. The van der Waals surface area contributed by atoms with Crippen LogP contribution in [0, 0.1) is 3.57 Å². The molecular weight excluding hydrogens is 313 g/mol. The first-order chi connectivity index (χ1) is 7.70. The molecule has 0 unspecified atom stereocenters. The average molecular weight is 323 g/mol. The predicted octanol–water partition coefficient (Wildman–Crippen LogP) is 3.06. The molecule has 2 rings (SSSR count). The Hall–Kier alpha value is -1.36. The lowest BCUT2D eigenvalue weighted by molar-refractivity contribution is 0.100. The lowest BCUT2D eigenvalue weighted by Gasteiger charge is -2.09. The maximum absolute atomic E-state index is 11.4. The molecular formula is C13H10INO. The van der Waals surface area contributed by atoms with E-state index in [0.717, 1.165) is 14.7 Å². The van der Waals surface area contributed by atoms with Gasteiger partial charge in [-0.05, 0) is 40.3 Å². The van der Waals surface area contributed by atoms with E-state index < -0.39 is 5.91 Å². The van der Waals surface area contributed by atoms with E-state index in [2.05, 4.69) is 22.6 Å². The van der Waals surface area contributed by atoms with Crippen molar-refractivity contribution in [3.05, 3.63) is 57.7 Å². The topological polar surface area (TPSA) is 43.1 Å². The molecule has 80 valence electrons. The molecule has 2 N–H and O–H groups in total. The van der Waals surface area contributed by atoms with E-state index in [1.807, 2.05) is 42.5 Å². The van der Waals surface area contributed by atoms with Crippen molar-refractivity contribution in [1.29, 1.82) is 0 Å². The van der Waals surface area contributed by atoms with Gasteiger partial charge >= 0.3 is 0 Å². The second kappa shape index (κ2) is 4.65. The van der Waals surface area contributed by atoms with Crippen LogP contribution in [0.1, 0.15) is 10.4 Å². The fourth-order valence-electron chi connectivity index (χ4n) is 1.63. The van der Waals surface area contributed by atoms with Crippen molar-refractivity contribution >= 4 is 28.5 Å². The highest BCUT2D eigenvalue weighted by Crippen LogP contribution is 2.28. The van der Waals surface area contributed by atoms with Crippen LogP contribution in [0.4, 0.5) is 0 Å². The molecule has 0 aliphatic heterocycles. The number of nitrogens with two attached hydrogens (primary N) is 1. The molecule has 2 nitrogen and oxygen atoms in total. The van der Waals surface area contributed by atoms with Gasteiger partial charge in [0.05, 0.1) is 0 Å². The molecule has 3 heteroatoms. The molecule has 2 aromatic carbocycles. The minimum atomic E-state index is -0.391. The number of hydrogen-bond donors (Lipinski definition) is 1. The molecule has 0 aliphatic carbocycles. The Labute approximate surface area is 108 Å². The molecule has 0 spiro atoms. The van der Waals surface area contributed by atoms with Crippen molar-refractivity contribution in [3.63, 3.8) is 0 Å². The van der Waals surface area contributed by atoms with Gasteiger partial charge in [-0.25, -0.2) is 0 Å². The van der Waals surface area contributed by atoms with E-state index >= 15 is 0 Å². The van der Waals surface area contributed by atoms with Crippen LogP contribution in [-0.2, 0) is 0 Å². The Bertz CT molecular complexity index is 523. The lowest BCUT2D eigenvalue weighted by atomic mass is 9.99. The van der Waals surface area contributed by atoms with Gasteiger partial charge in [-0.1, -0.05) is 36.4 Å². The molecule has 1 amide bonds. The summed E-state index contributed by atoms with van der Waals surface area (Å²) in [5.41, 5.74) is 7.87. The summed E-state index contributed by atoms with van der Waals surface area (Å²) in [4.78, 5) is 11.4. The van der Waals surface area contributed by atoms with Gasteiger partial charge in [-0.2, -0.15) is 0 Å². The Kier molecular flexibility index (Phi) is 3.24. The van der Waals surface area contributed by atoms with Crippen LogP contribution in [0.3, 0.4) is 0 Å². The van der Waals surface area contributed by atoms with E-state index in [9.17, 15) is 4.79 Å². The summed E-state index contributed by atoms with van der Waals surface area (Å²) in [6.07, 6.45) is 0. The number of hydrogen-bond acceptors (Lipinski definition) is 1. The smallest absolute Gasteiger partial charge is 0.249 e. The normalized spacial score (nSPS) is 10.1. The maximum Gasteiger partial charge on any atom is 0.249 e. The van der Waals surface area contributed by atoms with Crippen molar-refractivity contribution in [2.75, 3.05) is 0 Å². The van der Waals surface area contributed by atoms with Gasteiger partial charge in [0.2, 0.25) is 5.91 Å². The number of benzene rings is 2. The van der Waals surface area contributed by atoms with E-state index in [-0.39, 0.29) is 0 Å². The summed E-state index contributed by atoms with van der Waals surface area (Å²) in [6, 6.07) is 15.4. The molecule has 0 fully saturated rings. The first-order valence-electron chi connectivity index (χ1n) is 4.84. The summed E-state index contributed by atoms with van der Waals surface area (Å²) in [5.74, 6) is -0.391. The molecule has 0 atom stereocenters. The second-order valence-corrected chi connectivity index (χ2v) is 4.55. The van der Waals surface area contributed by atoms with Crippen LogP contribution < -0.4 is 5.73 Å². The Balaban J connectivity index is 2.68. The van der Waals surface area contributed by atoms with E-state index in [0.29, 0.717) is 5.56 Å². The van der Waals surface area contributed by atoms with Gasteiger partial charge in [0, 0.05) is 14.7 Å². The summed E-state index contributed by atoms with van der Waals surface area (Å²) >= 11 is 2.22. The van der Waals surface area contributed by atoms with E-state index in [1.54, 1.807) is 6.07 Å². The average Bonchev–Trinajstić information content (AvgIpc) is 2.29. The van der Waals surface area contributed by atoms with Crippen LogP contribution in [-0.4, -0.2) is 5.91 Å². The Morgan fingerprint density at radius 3 is 2.31 bits per heavy atom. The number of halogens is 1. The second-order valence-electron chi connectivity index (χ2n) is 3.39. The molecule has 2 aromatic rings. The highest BCUT2D eigenvalue weighted by atomic mass is 127. The molecule has 0 radical (unpaired) electrons. The van der Waals surface area contributed by atoms with E-state index in [4.69, 9.17) is 5.73 Å². The molecule has 0 saturated carbocycles. The van der Waals surface area contributed by atoms with Crippen molar-refractivity contribution < 1.29 is 4.79 Å². The Morgan fingerprint density at radius 2 is 1.69 bits per heavy atom. The number of amides is 1. The maximum atomic E-state index is 11.4. The van der Waals surface area contributed by atoms with Crippen LogP contribution in [0.25, 0.3) is 11.1 Å². The number of rotatable bonds is 2. The highest BCUT2D eigenvalue weighted by molar-refractivity contribution is 14.1. The van der Waals surface area contributed by atoms with Crippen LogP contribution in [0.5, 0.6) is 0 Å². The van der Waals surface area contributed by atoms with Crippen LogP contribution in [0.15, 0.2) is 48.5 Å². The van der Waals surface area contributed by atoms with Crippen molar-refractivity contribution in [2.24, 2.45) is 5.73 Å².